The third-order valence-electron chi connectivity index (χ3n) is 3.13. The molecule has 1 aliphatic heterocycles. The lowest BCUT2D eigenvalue weighted by molar-refractivity contribution is -0.117. The van der Waals surface area contributed by atoms with Gasteiger partial charge in [0.25, 0.3) is 0 Å². The Balaban J connectivity index is 2.33. The third-order valence-corrected chi connectivity index (χ3v) is 5.00. The molecule has 1 fully saturated rings. The number of carbonyl (C=O) groups is 1. The largest absolute Gasteiger partial charge is 0.311 e. The molecule has 98 valence electrons. The van der Waals surface area contributed by atoms with E-state index in [4.69, 9.17) is 10.7 Å². The highest BCUT2D eigenvalue weighted by molar-refractivity contribution is 8.14. The predicted octanol–water partition coefficient (Wildman–Crippen LogP) is 1.98. The minimum atomic E-state index is -3.69. The van der Waals surface area contributed by atoms with Crippen LogP contribution in [0.25, 0.3) is 0 Å². The Morgan fingerprint density at radius 2 is 2.00 bits per heavy atom. The van der Waals surface area contributed by atoms with Crippen LogP contribution in [0.2, 0.25) is 0 Å². The van der Waals surface area contributed by atoms with Gasteiger partial charge in [0.1, 0.15) is 5.25 Å². The molecule has 1 atom stereocenters. The van der Waals surface area contributed by atoms with Crippen molar-refractivity contribution in [3.63, 3.8) is 0 Å². The normalized spacial score (nSPS) is 20.5. The molecule has 1 heterocycles. The summed E-state index contributed by atoms with van der Waals surface area (Å²) >= 11 is 0. The van der Waals surface area contributed by atoms with Crippen molar-refractivity contribution < 1.29 is 13.2 Å². The molecule has 1 aliphatic rings. The average Bonchev–Trinajstić information content (AvgIpc) is 2.60. The van der Waals surface area contributed by atoms with Gasteiger partial charge < -0.3 is 4.90 Å². The Labute approximate surface area is 111 Å². The van der Waals surface area contributed by atoms with Crippen molar-refractivity contribution in [3.8, 4) is 0 Å². The molecule has 4 nitrogen and oxygen atoms in total. The molecule has 0 aromatic heterocycles. The minimum Gasteiger partial charge on any atom is -0.311 e. The second-order valence-electron chi connectivity index (χ2n) is 4.60. The van der Waals surface area contributed by atoms with E-state index >= 15 is 0 Å². The first kappa shape index (κ1) is 13.4. The van der Waals surface area contributed by atoms with E-state index < -0.39 is 14.3 Å². The monoisotopic (exact) mass is 287 g/mol. The Kier molecular flexibility index (Phi) is 3.38. The van der Waals surface area contributed by atoms with Gasteiger partial charge in [0.2, 0.25) is 15.0 Å². The van der Waals surface area contributed by atoms with Crippen molar-refractivity contribution in [2.24, 2.45) is 0 Å². The van der Waals surface area contributed by atoms with E-state index in [-0.39, 0.29) is 18.9 Å². The van der Waals surface area contributed by atoms with Crippen LogP contribution in [0.5, 0.6) is 0 Å². The summed E-state index contributed by atoms with van der Waals surface area (Å²) in [4.78, 5) is 13.4. The van der Waals surface area contributed by atoms with Crippen LogP contribution in [0.3, 0.4) is 0 Å². The van der Waals surface area contributed by atoms with Crippen molar-refractivity contribution in [2.75, 3.05) is 11.4 Å². The van der Waals surface area contributed by atoms with Crippen LogP contribution in [0.1, 0.15) is 17.5 Å². The van der Waals surface area contributed by atoms with Crippen molar-refractivity contribution in [2.45, 2.75) is 25.5 Å². The molecule has 0 N–H and O–H groups in total. The van der Waals surface area contributed by atoms with Gasteiger partial charge in [-0.25, -0.2) is 8.42 Å². The Hall–Kier alpha value is -1.07. The highest BCUT2D eigenvalue weighted by Crippen LogP contribution is 2.29. The van der Waals surface area contributed by atoms with Crippen LogP contribution in [0, 0.1) is 13.8 Å². The minimum absolute atomic E-state index is 0.0425. The molecule has 1 aromatic carbocycles. The zero-order valence-electron chi connectivity index (χ0n) is 10.2. The van der Waals surface area contributed by atoms with Gasteiger partial charge in [-0.1, -0.05) is 17.7 Å². The fourth-order valence-corrected chi connectivity index (χ4v) is 3.23. The van der Waals surface area contributed by atoms with Crippen molar-refractivity contribution >= 4 is 31.3 Å². The number of hydrogen-bond acceptors (Lipinski definition) is 3. The van der Waals surface area contributed by atoms with Gasteiger partial charge in [-0.3, -0.25) is 4.79 Å². The molecule has 1 saturated heterocycles. The Morgan fingerprint density at radius 1 is 1.33 bits per heavy atom. The fourth-order valence-electron chi connectivity index (χ4n) is 2.20. The lowest BCUT2D eigenvalue weighted by Gasteiger charge is -2.19. The molecule has 1 unspecified atom stereocenters. The average molecular weight is 288 g/mol. The van der Waals surface area contributed by atoms with Gasteiger partial charge >= 0.3 is 0 Å². The van der Waals surface area contributed by atoms with Crippen molar-refractivity contribution in [1.82, 2.24) is 0 Å². The molecule has 6 heteroatoms. The van der Waals surface area contributed by atoms with Gasteiger partial charge in [-0.2, -0.15) is 0 Å². The fraction of sp³-hybridized carbons (Fsp3) is 0.417. The highest BCUT2D eigenvalue weighted by atomic mass is 35.7. The van der Waals surface area contributed by atoms with Gasteiger partial charge in [-0.05, 0) is 25.5 Å². The van der Waals surface area contributed by atoms with E-state index in [1.807, 2.05) is 32.0 Å². The first-order valence-electron chi connectivity index (χ1n) is 5.60. The molecular weight excluding hydrogens is 274 g/mol. The number of amides is 1. The summed E-state index contributed by atoms with van der Waals surface area (Å²) in [6.07, 6.45) is -0.0425. The molecule has 2 rings (SSSR count). The van der Waals surface area contributed by atoms with Crippen LogP contribution < -0.4 is 4.90 Å². The summed E-state index contributed by atoms with van der Waals surface area (Å²) < 4.78 is 22.6. The van der Waals surface area contributed by atoms with E-state index in [9.17, 15) is 13.2 Å². The molecule has 1 aromatic rings. The number of hydrogen-bond donors (Lipinski definition) is 0. The van der Waals surface area contributed by atoms with E-state index in [1.54, 1.807) is 0 Å². The Morgan fingerprint density at radius 3 is 2.50 bits per heavy atom. The van der Waals surface area contributed by atoms with Gasteiger partial charge in [0, 0.05) is 29.3 Å². The quantitative estimate of drug-likeness (QED) is 0.782. The molecule has 18 heavy (non-hydrogen) atoms. The van der Waals surface area contributed by atoms with Crippen LogP contribution in [0.4, 0.5) is 5.69 Å². The Bertz CT molecular complexity index is 597. The maximum Gasteiger partial charge on any atom is 0.237 e. The number of anilines is 1. The standard InChI is InChI=1S/C12H14ClNO3S/c1-8-3-4-11(9(2)5-8)14-7-10(6-12(14)15)18(13,16)17/h3-5,10H,6-7H2,1-2H3. The number of nitrogens with zero attached hydrogens (tertiary/aromatic N) is 1. The maximum atomic E-state index is 11.9. The molecule has 0 aliphatic carbocycles. The van der Waals surface area contributed by atoms with E-state index in [1.165, 1.54) is 4.90 Å². The van der Waals surface area contributed by atoms with Gasteiger partial charge in [-0.15, -0.1) is 0 Å². The second kappa shape index (κ2) is 4.55. The lowest BCUT2D eigenvalue weighted by atomic mass is 10.1. The number of halogens is 1. The number of benzene rings is 1. The molecule has 0 spiro atoms. The summed E-state index contributed by atoms with van der Waals surface area (Å²) in [7, 11) is 1.63. The van der Waals surface area contributed by atoms with E-state index in [2.05, 4.69) is 0 Å². The van der Waals surface area contributed by atoms with Crippen LogP contribution in [-0.4, -0.2) is 26.1 Å². The van der Waals surface area contributed by atoms with Gasteiger partial charge in [0.05, 0.1) is 0 Å². The molecule has 0 saturated carbocycles. The molecule has 0 radical (unpaired) electrons. The molecular formula is C12H14ClNO3S. The molecule has 0 bridgehead atoms. The maximum absolute atomic E-state index is 11.9. The smallest absolute Gasteiger partial charge is 0.237 e. The zero-order valence-corrected chi connectivity index (χ0v) is 11.8. The topological polar surface area (TPSA) is 54.5 Å². The number of aryl methyl sites for hydroxylation is 2. The first-order valence-corrected chi connectivity index (χ1v) is 7.97. The summed E-state index contributed by atoms with van der Waals surface area (Å²) in [5.41, 5.74) is 2.81. The third kappa shape index (κ3) is 2.52. The van der Waals surface area contributed by atoms with Crippen molar-refractivity contribution in [1.29, 1.82) is 0 Å². The lowest BCUT2D eigenvalue weighted by Crippen LogP contribution is -2.27. The number of carbonyl (C=O) groups excluding carboxylic acids is 1. The van der Waals surface area contributed by atoms with E-state index in [0.717, 1.165) is 16.8 Å². The highest BCUT2D eigenvalue weighted by Gasteiger charge is 2.38. The second-order valence-corrected chi connectivity index (χ2v) is 7.50. The summed E-state index contributed by atoms with van der Waals surface area (Å²) in [5.74, 6) is -0.198. The van der Waals surface area contributed by atoms with Crippen LogP contribution in [0.15, 0.2) is 18.2 Å². The summed E-state index contributed by atoms with van der Waals surface area (Å²) in [6, 6.07) is 5.70. The zero-order chi connectivity index (χ0) is 13.5. The van der Waals surface area contributed by atoms with Crippen LogP contribution in [-0.2, 0) is 13.8 Å². The SMILES string of the molecule is Cc1ccc(N2CC(S(=O)(=O)Cl)CC2=O)c(C)c1. The van der Waals surface area contributed by atoms with Crippen LogP contribution >= 0.6 is 10.7 Å². The summed E-state index contributed by atoms with van der Waals surface area (Å²) in [6.45, 7) is 4.00. The summed E-state index contributed by atoms with van der Waals surface area (Å²) in [5, 5.41) is -0.813. The predicted molar refractivity (Wildman–Crippen MR) is 71.4 cm³/mol. The van der Waals surface area contributed by atoms with Gasteiger partial charge in [0.15, 0.2) is 0 Å². The number of rotatable bonds is 2. The first-order chi connectivity index (χ1) is 8.29. The van der Waals surface area contributed by atoms with E-state index in [0.29, 0.717) is 0 Å². The van der Waals surface area contributed by atoms with Crippen molar-refractivity contribution in [3.05, 3.63) is 29.3 Å². The molecule has 1 amide bonds.